The molecule has 0 fully saturated rings. The van der Waals surface area contributed by atoms with E-state index in [1.54, 1.807) is 0 Å². The van der Waals surface area contributed by atoms with E-state index in [2.05, 4.69) is 22.7 Å². The van der Waals surface area contributed by atoms with Crippen LogP contribution in [0.1, 0.15) is 0 Å². The van der Waals surface area contributed by atoms with Gasteiger partial charge in [0.15, 0.2) is 0 Å². The first kappa shape index (κ1) is 4.05. The number of H-pyrrole nitrogens is 1. The van der Waals surface area contributed by atoms with Gasteiger partial charge in [0.25, 0.3) is 0 Å². The molecule has 2 heteroatoms. The number of nitrogens with one attached hydrogen (secondary N) is 1. The van der Waals surface area contributed by atoms with E-state index in [4.69, 9.17) is 0 Å². The van der Waals surface area contributed by atoms with Gasteiger partial charge in [0.1, 0.15) is 0 Å². The minimum atomic E-state index is 1.29. The van der Waals surface area contributed by atoms with Gasteiger partial charge in [0, 0.05) is 0 Å². The van der Waals surface area contributed by atoms with E-state index in [0.29, 0.717) is 0 Å². The molecule has 0 spiro atoms. The number of aromatic nitrogens is 1. The van der Waals surface area contributed by atoms with Gasteiger partial charge in [-0.25, -0.2) is 0 Å². The molecule has 0 bridgehead atoms. The van der Waals surface area contributed by atoms with Crippen LogP contribution in [0.15, 0.2) is 18.5 Å². The number of rotatable bonds is 0. The third kappa shape index (κ3) is 0.679. The molecular weight excluding hydrogens is 69.0 g/mol. The molecule has 0 atom stereocenters. The van der Waals surface area contributed by atoms with Crippen molar-refractivity contribution in [2.24, 2.45) is 0 Å². The summed E-state index contributed by atoms with van der Waals surface area (Å²) < 4.78 is 1.29. The van der Waals surface area contributed by atoms with Crippen molar-refractivity contribution in [3.63, 3.8) is 0 Å². The topological polar surface area (TPSA) is 15.8 Å². The van der Waals surface area contributed by atoms with Crippen molar-refractivity contribution >= 4 is 22.0 Å². The van der Waals surface area contributed by atoms with Crippen molar-refractivity contribution in [1.82, 2.24) is 4.98 Å². The molecule has 0 aliphatic heterocycles. The molecule has 1 aromatic heterocycles. The van der Waals surface area contributed by atoms with Crippen LogP contribution in [0.2, 0.25) is 0 Å². The van der Waals surface area contributed by atoms with Crippen LogP contribution in [0.5, 0.6) is 0 Å². The monoisotopic (exact) mass is 73.1 g/mol. The van der Waals surface area contributed by atoms with Crippen molar-refractivity contribution in [1.29, 1.82) is 0 Å². The van der Waals surface area contributed by atoms with E-state index in [9.17, 15) is 0 Å². The summed E-state index contributed by atoms with van der Waals surface area (Å²) in [7, 11) is 0. The molecule has 1 nitrogen and oxygen atoms in total. The first-order valence-corrected chi connectivity index (χ1v) is 1.99. The number of hydrogen-bond acceptors (Lipinski definition) is 0. The van der Waals surface area contributed by atoms with Gasteiger partial charge >= 0.3 is 45.4 Å². The molecular formula is C4H4LiN. The predicted molar refractivity (Wildman–Crippen MR) is 26.2 cm³/mol. The van der Waals surface area contributed by atoms with Crippen LogP contribution in [0, 0.1) is 0 Å². The Labute approximate surface area is 46.0 Å². The van der Waals surface area contributed by atoms with Gasteiger partial charge in [0.2, 0.25) is 0 Å². The summed E-state index contributed by atoms with van der Waals surface area (Å²) in [5.41, 5.74) is 0. The summed E-state index contributed by atoms with van der Waals surface area (Å²) in [5, 5.41) is 0. The molecule has 6 heavy (non-hydrogen) atoms. The Hall–Kier alpha value is -0.123. The summed E-state index contributed by atoms with van der Waals surface area (Å²) in [6.07, 6.45) is 3.87. The molecule has 0 amide bonds. The van der Waals surface area contributed by atoms with Gasteiger partial charge in [-0.2, -0.15) is 0 Å². The van der Waals surface area contributed by atoms with E-state index in [1.165, 1.54) is 4.24 Å². The number of hydrogen-bond donors (Lipinski definition) is 1. The fourth-order valence-electron chi connectivity index (χ4n) is 0.407. The quantitative estimate of drug-likeness (QED) is 0.409. The van der Waals surface area contributed by atoms with Gasteiger partial charge in [-0.3, -0.25) is 0 Å². The summed E-state index contributed by atoms with van der Waals surface area (Å²) in [6.45, 7) is 0. The van der Waals surface area contributed by atoms with E-state index in [-0.39, 0.29) is 0 Å². The van der Waals surface area contributed by atoms with E-state index in [1.807, 2.05) is 18.5 Å². The Morgan fingerprint density at radius 2 is 2.50 bits per heavy atom. The second-order valence-electron chi connectivity index (χ2n) is 1.39. The van der Waals surface area contributed by atoms with Crippen LogP contribution in [0.25, 0.3) is 0 Å². The first-order valence-electron chi connectivity index (χ1n) is 1.99. The predicted octanol–water partition coefficient (Wildman–Crippen LogP) is -0.192. The average molecular weight is 73.0 g/mol. The first-order chi connectivity index (χ1) is 2.89. The molecule has 0 aliphatic rings. The Morgan fingerprint density at radius 3 is 2.67 bits per heavy atom. The maximum absolute atomic E-state index is 2.93. The van der Waals surface area contributed by atoms with Crippen molar-refractivity contribution in [2.45, 2.75) is 0 Å². The Kier molecular flexibility index (Phi) is 1.05. The van der Waals surface area contributed by atoms with Crippen LogP contribution in [-0.2, 0) is 0 Å². The van der Waals surface area contributed by atoms with Gasteiger partial charge in [-0.15, -0.1) is 0 Å². The average Bonchev–Trinajstić information content (AvgIpc) is 1.86. The van der Waals surface area contributed by atoms with Gasteiger partial charge in [-0.05, 0) is 0 Å². The van der Waals surface area contributed by atoms with Gasteiger partial charge in [0.05, 0.1) is 0 Å². The Bertz CT molecular complexity index is 111. The standard InChI is InChI=1S/C4H4N.Li/c1-2-4-5-3-1;/h1,3-5H;. The third-order valence-corrected chi connectivity index (χ3v) is 0.753. The van der Waals surface area contributed by atoms with Crippen molar-refractivity contribution in [3.05, 3.63) is 18.5 Å². The summed E-state index contributed by atoms with van der Waals surface area (Å²) in [5.74, 6) is 0. The molecule has 0 saturated heterocycles. The fraction of sp³-hybridized carbons (Fsp3) is 0. The molecule has 1 aromatic rings. The SMILES string of the molecule is [Li][c]1cc[nH]c1. The van der Waals surface area contributed by atoms with Crippen LogP contribution in [0.3, 0.4) is 0 Å². The molecule has 26 valence electrons. The van der Waals surface area contributed by atoms with Crippen molar-refractivity contribution in [3.8, 4) is 0 Å². The minimum absolute atomic E-state index is 1.29. The number of aromatic amines is 1. The molecule has 0 unspecified atom stereocenters. The second-order valence-corrected chi connectivity index (χ2v) is 1.39. The molecule has 0 saturated carbocycles. The van der Waals surface area contributed by atoms with Crippen LogP contribution < -0.4 is 4.24 Å². The summed E-state index contributed by atoms with van der Waals surface area (Å²) >= 11 is 2.05. The molecule has 0 aromatic carbocycles. The fourth-order valence-corrected chi connectivity index (χ4v) is 0.407. The molecule has 1 heterocycles. The van der Waals surface area contributed by atoms with E-state index < -0.39 is 0 Å². The van der Waals surface area contributed by atoms with Gasteiger partial charge in [-0.1, -0.05) is 0 Å². The molecule has 0 radical (unpaired) electrons. The zero-order valence-electron chi connectivity index (χ0n) is 3.73. The van der Waals surface area contributed by atoms with E-state index >= 15 is 0 Å². The van der Waals surface area contributed by atoms with Crippen molar-refractivity contribution < 1.29 is 0 Å². The third-order valence-electron chi connectivity index (χ3n) is 0.753. The summed E-state index contributed by atoms with van der Waals surface area (Å²) in [4.78, 5) is 2.93. The van der Waals surface area contributed by atoms with Crippen molar-refractivity contribution in [2.75, 3.05) is 0 Å². The Balaban J connectivity index is 3.05. The van der Waals surface area contributed by atoms with Crippen LogP contribution in [-0.4, -0.2) is 22.7 Å². The Morgan fingerprint density at radius 1 is 1.67 bits per heavy atom. The zero-order valence-corrected chi connectivity index (χ0v) is 3.73. The van der Waals surface area contributed by atoms with E-state index in [0.717, 1.165) is 0 Å². The maximum atomic E-state index is 2.93. The van der Waals surface area contributed by atoms with Gasteiger partial charge < -0.3 is 0 Å². The second kappa shape index (κ2) is 1.55. The molecule has 1 N–H and O–H groups in total. The molecule has 1 rings (SSSR count). The zero-order chi connectivity index (χ0) is 4.41. The molecule has 0 aliphatic carbocycles. The van der Waals surface area contributed by atoms with Crippen LogP contribution >= 0.6 is 0 Å². The normalized spacial score (nSPS) is 9.00. The van der Waals surface area contributed by atoms with Crippen LogP contribution in [0.4, 0.5) is 0 Å². The summed E-state index contributed by atoms with van der Waals surface area (Å²) in [6, 6.07) is 2.03.